The molecule has 0 unspecified atom stereocenters. The smallest absolute Gasteiger partial charge is 0.296 e. The summed E-state index contributed by atoms with van der Waals surface area (Å²) in [6.07, 6.45) is -1.95. The van der Waals surface area contributed by atoms with Crippen molar-refractivity contribution in [3.63, 3.8) is 0 Å². The van der Waals surface area contributed by atoms with E-state index < -0.39 is 27.2 Å². The van der Waals surface area contributed by atoms with Crippen molar-refractivity contribution < 1.29 is 26.7 Å². The molecule has 12 heteroatoms. The zero-order chi connectivity index (χ0) is 21.5. The molecule has 0 bridgehead atoms. The molecule has 3 aromatic rings. The second-order valence-corrected chi connectivity index (χ2v) is 8.58. The van der Waals surface area contributed by atoms with Crippen LogP contribution in [0.2, 0.25) is 0 Å². The quantitative estimate of drug-likeness (QED) is 0.557. The average Bonchev–Trinajstić information content (AvgIpc) is 3.13. The van der Waals surface area contributed by atoms with Crippen LogP contribution in [0.5, 0.6) is 5.75 Å². The van der Waals surface area contributed by atoms with Crippen molar-refractivity contribution in [1.82, 2.24) is 19.5 Å². The van der Waals surface area contributed by atoms with Crippen LogP contribution < -0.4 is 9.64 Å². The van der Waals surface area contributed by atoms with Gasteiger partial charge in [0.05, 0.1) is 25.8 Å². The summed E-state index contributed by atoms with van der Waals surface area (Å²) in [6, 6.07) is 6.31. The van der Waals surface area contributed by atoms with E-state index in [4.69, 9.17) is 9.47 Å². The number of morpholine rings is 1. The third kappa shape index (κ3) is 3.67. The molecule has 0 saturated carbocycles. The molecule has 0 amide bonds. The van der Waals surface area contributed by atoms with Crippen molar-refractivity contribution in [3.8, 4) is 11.6 Å². The fourth-order valence-corrected chi connectivity index (χ4v) is 3.80. The number of imidazole rings is 1. The van der Waals surface area contributed by atoms with Gasteiger partial charge in [0.25, 0.3) is 11.6 Å². The molecule has 0 radical (unpaired) electrons. The molecular formula is C18H19F2N5O4S. The summed E-state index contributed by atoms with van der Waals surface area (Å²) in [7, 11) is -2.39. The number of hydrogen-bond acceptors (Lipinski definition) is 8. The first-order chi connectivity index (χ1) is 14.3. The normalized spacial score (nSPS) is 15.2. The number of benzene rings is 1. The molecule has 0 aliphatic carbocycles. The maximum Gasteiger partial charge on any atom is 0.296 e. The predicted octanol–water partition coefficient (Wildman–Crippen LogP) is 2.00. The Morgan fingerprint density at radius 2 is 1.83 bits per heavy atom. The summed E-state index contributed by atoms with van der Waals surface area (Å²) < 4.78 is 63.9. The number of methoxy groups -OCH3 is 1. The Morgan fingerprint density at radius 1 is 1.13 bits per heavy atom. The van der Waals surface area contributed by atoms with E-state index in [9.17, 15) is 17.2 Å². The summed E-state index contributed by atoms with van der Waals surface area (Å²) in [5, 5.41) is -0.452. The third-order valence-corrected chi connectivity index (χ3v) is 5.51. The third-order valence-electron chi connectivity index (χ3n) is 4.66. The molecule has 160 valence electrons. The van der Waals surface area contributed by atoms with Crippen molar-refractivity contribution in [2.24, 2.45) is 0 Å². The molecule has 1 aliphatic heterocycles. The van der Waals surface area contributed by atoms with Gasteiger partial charge in [-0.05, 0) is 12.1 Å². The van der Waals surface area contributed by atoms with Crippen LogP contribution in [0.25, 0.3) is 16.9 Å². The SMILES string of the molecule is COc1cccc2c1nc(C(F)F)n2-c1cc(N2CCOCC2)nc(S(C)(=O)=O)n1. The lowest BCUT2D eigenvalue weighted by Crippen LogP contribution is -2.37. The summed E-state index contributed by atoms with van der Waals surface area (Å²) in [4.78, 5) is 14.1. The van der Waals surface area contributed by atoms with Crippen LogP contribution in [-0.4, -0.2) is 67.6 Å². The van der Waals surface area contributed by atoms with Crippen LogP contribution >= 0.6 is 0 Å². The van der Waals surface area contributed by atoms with Gasteiger partial charge in [-0.1, -0.05) is 6.07 Å². The van der Waals surface area contributed by atoms with Crippen LogP contribution in [0.15, 0.2) is 29.4 Å². The molecule has 1 saturated heterocycles. The van der Waals surface area contributed by atoms with E-state index in [1.807, 2.05) is 4.90 Å². The summed E-state index contributed by atoms with van der Waals surface area (Å²) in [5.41, 5.74) is 0.540. The first-order valence-corrected chi connectivity index (χ1v) is 10.9. The number of para-hydroxylation sites is 1. The lowest BCUT2D eigenvalue weighted by molar-refractivity contribution is 0.122. The zero-order valence-electron chi connectivity index (χ0n) is 16.2. The number of sulfone groups is 1. The van der Waals surface area contributed by atoms with Gasteiger partial charge in [0.15, 0.2) is 5.82 Å². The van der Waals surface area contributed by atoms with Crippen LogP contribution in [0.3, 0.4) is 0 Å². The van der Waals surface area contributed by atoms with Crippen LogP contribution in [0.1, 0.15) is 12.2 Å². The molecule has 1 aliphatic rings. The first kappa shape index (κ1) is 20.4. The van der Waals surface area contributed by atoms with E-state index in [0.29, 0.717) is 43.4 Å². The van der Waals surface area contributed by atoms with E-state index in [0.717, 1.165) is 10.8 Å². The number of halogens is 2. The second kappa shape index (κ2) is 7.76. The number of fused-ring (bicyclic) bond motifs is 1. The maximum atomic E-state index is 13.9. The molecule has 1 aromatic carbocycles. The molecule has 3 heterocycles. The van der Waals surface area contributed by atoms with Gasteiger partial charge in [-0.15, -0.1) is 0 Å². The van der Waals surface area contributed by atoms with Crippen molar-refractivity contribution in [1.29, 1.82) is 0 Å². The van der Waals surface area contributed by atoms with Crippen molar-refractivity contribution in [3.05, 3.63) is 30.1 Å². The van der Waals surface area contributed by atoms with E-state index >= 15 is 0 Å². The molecule has 30 heavy (non-hydrogen) atoms. The van der Waals surface area contributed by atoms with Gasteiger partial charge < -0.3 is 14.4 Å². The minimum Gasteiger partial charge on any atom is -0.494 e. The number of ether oxygens (including phenoxy) is 2. The largest absolute Gasteiger partial charge is 0.494 e. The van der Waals surface area contributed by atoms with E-state index in [2.05, 4.69) is 15.0 Å². The first-order valence-electron chi connectivity index (χ1n) is 9.05. The fourth-order valence-electron chi connectivity index (χ4n) is 3.28. The number of aromatic nitrogens is 4. The highest BCUT2D eigenvalue weighted by atomic mass is 32.2. The Hall–Kier alpha value is -2.86. The van der Waals surface area contributed by atoms with Crippen molar-refractivity contribution in [2.75, 3.05) is 44.6 Å². The molecule has 4 rings (SSSR count). The standard InChI is InChI=1S/C18H19F2N5O4S/c1-28-12-5-3-4-11-15(12)23-17(16(19)20)25(11)14-10-13(24-6-8-29-9-7-24)21-18(22-14)30(2,26)27/h3-5,10,16H,6-9H2,1-2H3. The van der Waals surface area contributed by atoms with E-state index in [1.165, 1.54) is 13.2 Å². The van der Waals surface area contributed by atoms with E-state index in [-0.39, 0.29) is 11.3 Å². The Kier molecular flexibility index (Phi) is 5.28. The summed E-state index contributed by atoms with van der Waals surface area (Å²) in [5.74, 6) is 0.0474. The van der Waals surface area contributed by atoms with Crippen molar-refractivity contribution in [2.45, 2.75) is 11.6 Å². The Balaban J connectivity index is 2.00. The lowest BCUT2D eigenvalue weighted by atomic mass is 10.3. The Labute approximate surface area is 171 Å². The average molecular weight is 439 g/mol. The fraction of sp³-hybridized carbons (Fsp3) is 0.389. The number of rotatable bonds is 5. The highest BCUT2D eigenvalue weighted by Crippen LogP contribution is 2.33. The van der Waals surface area contributed by atoms with E-state index in [1.54, 1.807) is 18.2 Å². The number of anilines is 1. The number of alkyl halides is 2. The lowest BCUT2D eigenvalue weighted by Gasteiger charge is -2.28. The Bertz CT molecular complexity index is 1190. The molecule has 9 nitrogen and oxygen atoms in total. The Morgan fingerprint density at radius 3 is 2.47 bits per heavy atom. The monoisotopic (exact) mass is 439 g/mol. The van der Waals surface area contributed by atoms with Gasteiger partial charge in [-0.3, -0.25) is 4.57 Å². The van der Waals surface area contributed by atoms with Crippen molar-refractivity contribution >= 4 is 26.7 Å². The van der Waals surface area contributed by atoms with Crippen LogP contribution in [0, 0.1) is 0 Å². The molecule has 1 fully saturated rings. The summed E-state index contributed by atoms with van der Waals surface area (Å²) >= 11 is 0. The highest BCUT2D eigenvalue weighted by molar-refractivity contribution is 7.90. The molecule has 0 N–H and O–H groups in total. The molecule has 0 spiro atoms. The van der Waals surface area contributed by atoms with Crippen LogP contribution in [0.4, 0.5) is 14.6 Å². The van der Waals surface area contributed by atoms with Gasteiger partial charge >= 0.3 is 0 Å². The van der Waals surface area contributed by atoms with Gasteiger partial charge in [0.1, 0.15) is 22.9 Å². The number of nitrogens with zero attached hydrogens (tertiary/aromatic N) is 5. The topological polar surface area (TPSA) is 99.4 Å². The zero-order valence-corrected chi connectivity index (χ0v) is 17.1. The molecular weight excluding hydrogens is 420 g/mol. The number of hydrogen-bond donors (Lipinski definition) is 0. The summed E-state index contributed by atoms with van der Waals surface area (Å²) in [6.45, 7) is 1.86. The van der Waals surface area contributed by atoms with Crippen LogP contribution in [-0.2, 0) is 14.6 Å². The highest BCUT2D eigenvalue weighted by Gasteiger charge is 2.26. The predicted molar refractivity (Wildman–Crippen MR) is 104 cm³/mol. The minimum atomic E-state index is -3.80. The second-order valence-electron chi connectivity index (χ2n) is 6.67. The maximum absolute atomic E-state index is 13.9. The van der Waals surface area contributed by atoms with Gasteiger partial charge in [0, 0.05) is 25.4 Å². The molecule has 0 atom stereocenters. The minimum absolute atomic E-state index is 0.0158. The van der Waals surface area contributed by atoms with Gasteiger partial charge in [0.2, 0.25) is 9.84 Å². The molecule has 2 aromatic heterocycles. The van der Waals surface area contributed by atoms with Gasteiger partial charge in [-0.2, -0.15) is 0 Å². The van der Waals surface area contributed by atoms with Gasteiger partial charge in [-0.25, -0.2) is 32.2 Å².